The molecule has 0 saturated carbocycles. The summed E-state index contributed by atoms with van der Waals surface area (Å²) in [4.78, 5) is 21.0. The first kappa shape index (κ1) is 19.6. The SMILES string of the molecule is COc1ncccc1C(=O)N1CCC2(CC1)C[C@H](N(C)c1ccc(F)cc1)CO2. The molecule has 0 unspecified atom stereocenters. The van der Waals surface area contributed by atoms with E-state index in [0.29, 0.717) is 31.1 Å². The number of piperidine rings is 1. The number of rotatable bonds is 4. The Hall–Kier alpha value is -2.67. The lowest BCUT2D eigenvalue weighted by atomic mass is 9.87. The molecule has 6 nitrogen and oxygen atoms in total. The molecule has 154 valence electrons. The molecule has 7 heteroatoms. The first-order chi connectivity index (χ1) is 14.0. The van der Waals surface area contributed by atoms with Gasteiger partial charge in [-0.3, -0.25) is 4.79 Å². The van der Waals surface area contributed by atoms with Crippen molar-refractivity contribution in [3.05, 3.63) is 54.0 Å². The third kappa shape index (κ3) is 3.92. The van der Waals surface area contributed by atoms with Gasteiger partial charge in [-0.1, -0.05) is 0 Å². The zero-order chi connectivity index (χ0) is 20.4. The van der Waals surface area contributed by atoms with E-state index in [1.165, 1.54) is 19.2 Å². The molecule has 0 aliphatic carbocycles. The van der Waals surface area contributed by atoms with Crippen LogP contribution >= 0.6 is 0 Å². The van der Waals surface area contributed by atoms with E-state index in [0.717, 1.165) is 24.9 Å². The number of nitrogens with zero attached hydrogens (tertiary/aromatic N) is 3. The van der Waals surface area contributed by atoms with Crippen LogP contribution in [-0.2, 0) is 4.74 Å². The molecule has 1 amide bonds. The van der Waals surface area contributed by atoms with Crippen LogP contribution in [0.1, 0.15) is 29.6 Å². The maximum Gasteiger partial charge on any atom is 0.259 e. The number of likely N-dealkylation sites (N-methyl/N-ethyl adjacent to an activating group) is 1. The van der Waals surface area contributed by atoms with Crippen LogP contribution in [0.3, 0.4) is 0 Å². The monoisotopic (exact) mass is 399 g/mol. The number of likely N-dealkylation sites (tertiary alicyclic amines) is 1. The van der Waals surface area contributed by atoms with E-state index in [1.807, 2.05) is 11.9 Å². The Morgan fingerprint density at radius 3 is 2.69 bits per heavy atom. The summed E-state index contributed by atoms with van der Waals surface area (Å²) in [6, 6.07) is 10.3. The summed E-state index contributed by atoms with van der Waals surface area (Å²) >= 11 is 0. The first-order valence-corrected chi connectivity index (χ1v) is 9.92. The molecule has 2 aromatic rings. The third-order valence-electron chi connectivity index (χ3n) is 6.13. The molecular weight excluding hydrogens is 373 g/mol. The van der Waals surface area contributed by atoms with Crippen molar-refractivity contribution >= 4 is 11.6 Å². The summed E-state index contributed by atoms with van der Waals surface area (Å²) in [6.07, 6.45) is 4.12. The largest absolute Gasteiger partial charge is 0.480 e. The van der Waals surface area contributed by atoms with Crippen LogP contribution in [0, 0.1) is 5.82 Å². The summed E-state index contributed by atoms with van der Waals surface area (Å²) in [6.45, 7) is 1.92. The van der Waals surface area contributed by atoms with Gasteiger partial charge in [0.1, 0.15) is 11.4 Å². The Bertz CT molecular complexity index is 866. The number of methoxy groups -OCH3 is 1. The third-order valence-corrected chi connectivity index (χ3v) is 6.13. The minimum Gasteiger partial charge on any atom is -0.480 e. The van der Waals surface area contributed by atoms with Crippen LogP contribution < -0.4 is 9.64 Å². The smallest absolute Gasteiger partial charge is 0.259 e. The molecular formula is C22H26FN3O3. The molecule has 1 aromatic heterocycles. The number of anilines is 1. The van der Waals surface area contributed by atoms with Crippen molar-refractivity contribution in [1.29, 1.82) is 0 Å². The second-order valence-corrected chi connectivity index (χ2v) is 7.79. The number of carbonyl (C=O) groups excluding carboxylic acids is 1. The van der Waals surface area contributed by atoms with Gasteiger partial charge in [-0.2, -0.15) is 0 Å². The topological polar surface area (TPSA) is 54.9 Å². The molecule has 1 spiro atoms. The van der Waals surface area contributed by atoms with Gasteiger partial charge in [-0.05, 0) is 55.7 Å². The van der Waals surface area contributed by atoms with Crippen molar-refractivity contribution in [3.8, 4) is 5.88 Å². The standard InChI is InChI=1S/C22H26FN3O3/c1-25(17-7-5-16(23)6-8-17)18-14-22(29-15-18)9-12-26(13-10-22)21(27)19-4-3-11-24-20(19)28-2/h3-8,11,18H,9-10,12-15H2,1-2H3/t18-/m0/s1. The normalized spacial score (nSPS) is 20.7. The van der Waals surface area contributed by atoms with Gasteiger partial charge in [0, 0.05) is 32.0 Å². The van der Waals surface area contributed by atoms with Crippen molar-refractivity contribution in [2.75, 3.05) is 38.8 Å². The van der Waals surface area contributed by atoms with Crippen molar-refractivity contribution in [1.82, 2.24) is 9.88 Å². The molecule has 2 aliphatic heterocycles. The van der Waals surface area contributed by atoms with Gasteiger partial charge < -0.3 is 19.3 Å². The van der Waals surface area contributed by atoms with E-state index in [1.54, 1.807) is 30.5 Å². The molecule has 4 rings (SSSR count). The fourth-order valence-corrected chi connectivity index (χ4v) is 4.31. The summed E-state index contributed by atoms with van der Waals surface area (Å²) in [5.41, 5.74) is 1.27. The number of pyridine rings is 1. The quantitative estimate of drug-likeness (QED) is 0.791. The number of hydrogen-bond donors (Lipinski definition) is 0. The molecule has 2 fully saturated rings. The van der Waals surface area contributed by atoms with Gasteiger partial charge in [0.05, 0.1) is 25.4 Å². The Morgan fingerprint density at radius 2 is 2.00 bits per heavy atom. The second-order valence-electron chi connectivity index (χ2n) is 7.79. The van der Waals surface area contributed by atoms with Crippen molar-refractivity contribution in [2.24, 2.45) is 0 Å². The van der Waals surface area contributed by atoms with E-state index in [4.69, 9.17) is 9.47 Å². The first-order valence-electron chi connectivity index (χ1n) is 9.92. The van der Waals surface area contributed by atoms with Crippen LogP contribution in [0.5, 0.6) is 5.88 Å². The number of benzene rings is 1. The highest BCUT2D eigenvalue weighted by Gasteiger charge is 2.44. The average molecular weight is 399 g/mol. The molecule has 29 heavy (non-hydrogen) atoms. The Morgan fingerprint density at radius 1 is 1.28 bits per heavy atom. The predicted octanol–water partition coefficient (Wildman–Crippen LogP) is 3.13. The van der Waals surface area contributed by atoms with Crippen molar-refractivity contribution in [2.45, 2.75) is 30.9 Å². The Labute approximate surface area is 170 Å². The molecule has 1 atom stereocenters. The summed E-state index contributed by atoms with van der Waals surface area (Å²) in [5, 5.41) is 0. The van der Waals surface area contributed by atoms with E-state index in [-0.39, 0.29) is 23.4 Å². The fourth-order valence-electron chi connectivity index (χ4n) is 4.31. The maximum atomic E-state index is 13.2. The number of ether oxygens (including phenoxy) is 2. The number of halogens is 1. The van der Waals surface area contributed by atoms with E-state index < -0.39 is 0 Å². The molecule has 0 bridgehead atoms. The van der Waals surface area contributed by atoms with Gasteiger partial charge in [0.2, 0.25) is 5.88 Å². The fraction of sp³-hybridized carbons (Fsp3) is 0.455. The molecule has 2 aliphatic rings. The lowest BCUT2D eigenvalue weighted by molar-refractivity contribution is -0.0389. The van der Waals surface area contributed by atoms with Crippen LogP contribution in [0.4, 0.5) is 10.1 Å². The molecule has 0 N–H and O–H groups in total. The number of carbonyl (C=O) groups is 1. The van der Waals surface area contributed by atoms with E-state index in [2.05, 4.69) is 9.88 Å². The van der Waals surface area contributed by atoms with Gasteiger partial charge in [0.15, 0.2) is 0 Å². The Balaban J connectivity index is 1.38. The summed E-state index contributed by atoms with van der Waals surface area (Å²) < 4.78 is 24.7. The lowest BCUT2D eigenvalue weighted by Crippen LogP contribution is -2.47. The summed E-state index contributed by atoms with van der Waals surface area (Å²) in [5.74, 6) is 0.0715. The van der Waals surface area contributed by atoms with Gasteiger partial charge in [-0.15, -0.1) is 0 Å². The highest BCUT2D eigenvalue weighted by Crippen LogP contribution is 2.38. The highest BCUT2D eigenvalue weighted by molar-refractivity contribution is 5.96. The molecule has 3 heterocycles. The van der Waals surface area contributed by atoms with Crippen LogP contribution in [-0.4, -0.2) is 61.3 Å². The van der Waals surface area contributed by atoms with Crippen LogP contribution in [0.2, 0.25) is 0 Å². The molecule has 1 aromatic carbocycles. The highest BCUT2D eigenvalue weighted by atomic mass is 19.1. The van der Waals surface area contributed by atoms with Crippen LogP contribution in [0.25, 0.3) is 0 Å². The predicted molar refractivity (Wildman–Crippen MR) is 108 cm³/mol. The number of aromatic nitrogens is 1. The summed E-state index contributed by atoms with van der Waals surface area (Å²) in [7, 11) is 3.54. The molecule has 0 radical (unpaired) electrons. The zero-order valence-corrected chi connectivity index (χ0v) is 16.8. The number of hydrogen-bond acceptors (Lipinski definition) is 5. The minimum atomic E-state index is -0.233. The minimum absolute atomic E-state index is 0.0530. The number of amides is 1. The van der Waals surface area contributed by atoms with Gasteiger partial charge in [0.25, 0.3) is 5.91 Å². The zero-order valence-electron chi connectivity index (χ0n) is 16.8. The Kier molecular flexibility index (Phi) is 5.41. The van der Waals surface area contributed by atoms with Crippen molar-refractivity contribution in [3.63, 3.8) is 0 Å². The van der Waals surface area contributed by atoms with E-state index >= 15 is 0 Å². The maximum absolute atomic E-state index is 13.2. The van der Waals surface area contributed by atoms with E-state index in [9.17, 15) is 9.18 Å². The van der Waals surface area contributed by atoms with Crippen LogP contribution in [0.15, 0.2) is 42.6 Å². The van der Waals surface area contributed by atoms with Gasteiger partial charge in [-0.25, -0.2) is 9.37 Å². The second kappa shape index (κ2) is 7.99. The average Bonchev–Trinajstić information content (AvgIpc) is 3.17. The van der Waals surface area contributed by atoms with Gasteiger partial charge >= 0.3 is 0 Å². The van der Waals surface area contributed by atoms with Crippen molar-refractivity contribution < 1.29 is 18.7 Å². The molecule has 2 saturated heterocycles. The lowest BCUT2D eigenvalue weighted by Gasteiger charge is -2.39.